The van der Waals surface area contributed by atoms with E-state index in [0.29, 0.717) is 6.04 Å². The second-order valence-electron chi connectivity index (χ2n) is 6.98. The summed E-state index contributed by atoms with van der Waals surface area (Å²) in [5.74, 6) is 0.233. The number of nitrogens with two attached hydrogens (primary N) is 1. The Morgan fingerprint density at radius 1 is 0.900 bits per heavy atom. The van der Waals surface area contributed by atoms with Crippen molar-refractivity contribution in [1.29, 1.82) is 0 Å². The minimum absolute atomic E-state index is 0.233. The van der Waals surface area contributed by atoms with Gasteiger partial charge in [-0.05, 0) is 58.0 Å². The smallest absolute Gasteiger partial charge is 0.242 e. The van der Waals surface area contributed by atoms with Crippen molar-refractivity contribution in [3.05, 3.63) is 0 Å². The zero-order chi connectivity index (χ0) is 14.0. The van der Waals surface area contributed by atoms with E-state index in [-0.39, 0.29) is 5.91 Å². The molecule has 2 aliphatic heterocycles. The molecule has 1 atom stereocenters. The van der Waals surface area contributed by atoms with Gasteiger partial charge in [0.2, 0.25) is 5.91 Å². The molecule has 20 heavy (non-hydrogen) atoms. The highest BCUT2D eigenvalue weighted by Crippen LogP contribution is 2.30. The number of amides is 1. The summed E-state index contributed by atoms with van der Waals surface area (Å²) >= 11 is 0. The summed E-state index contributed by atoms with van der Waals surface area (Å²) in [4.78, 5) is 17.4. The van der Waals surface area contributed by atoms with Gasteiger partial charge in [0.1, 0.15) is 0 Å². The van der Waals surface area contributed by atoms with E-state index in [9.17, 15) is 4.79 Å². The highest BCUT2D eigenvalue weighted by Gasteiger charge is 2.40. The van der Waals surface area contributed by atoms with Crippen LogP contribution >= 0.6 is 0 Å². The molecule has 114 valence electrons. The first-order chi connectivity index (χ1) is 9.69. The molecule has 0 radical (unpaired) electrons. The third-order valence-corrected chi connectivity index (χ3v) is 5.56. The number of hydrogen-bond acceptors (Lipinski definition) is 3. The summed E-state index contributed by atoms with van der Waals surface area (Å²) in [6, 6.07) is 0.701. The predicted octanol–water partition coefficient (Wildman–Crippen LogP) is 1.73. The average molecular weight is 279 g/mol. The lowest BCUT2D eigenvalue weighted by Crippen LogP contribution is -2.53. The van der Waals surface area contributed by atoms with Crippen LogP contribution in [-0.2, 0) is 4.79 Å². The third-order valence-electron chi connectivity index (χ3n) is 5.56. The van der Waals surface area contributed by atoms with E-state index in [2.05, 4.69) is 9.80 Å². The fraction of sp³-hybridized carbons (Fsp3) is 0.938. The molecule has 3 aliphatic rings. The number of rotatable bonds is 2. The first-order valence-electron chi connectivity index (χ1n) is 8.51. The Balaban J connectivity index is 1.57. The molecule has 0 aromatic rings. The zero-order valence-electron chi connectivity index (χ0n) is 12.6. The second kappa shape index (κ2) is 6.02. The summed E-state index contributed by atoms with van der Waals surface area (Å²) in [5.41, 5.74) is 5.81. The molecule has 1 unspecified atom stereocenters. The Kier molecular flexibility index (Phi) is 4.32. The molecule has 4 nitrogen and oxygen atoms in total. The number of carbonyl (C=O) groups excluding carboxylic acids is 1. The monoisotopic (exact) mass is 279 g/mol. The van der Waals surface area contributed by atoms with Crippen molar-refractivity contribution in [2.24, 2.45) is 5.73 Å². The van der Waals surface area contributed by atoms with E-state index in [1.54, 1.807) is 0 Å². The van der Waals surface area contributed by atoms with Gasteiger partial charge in [-0.25, -0.2) is 0 Å². The van der Waals surface area contributed by atoms with Crippen LogP contribution in [0, 0.1) is 0 Å². The second-order valence-corrected chi connectivity index (χ2v) is 6.98. The van der Waals surface area contributed by atoms with Crippen LogP contribution in [0.15, 0.2) is 0 Å². The van der Waals surface area contributed by atoms with Crippen LogP contribution in [0.4, 0.5) is 0 Å². The van der Waals surface area contributed by atoms with Gasteiger partial charge < -0.3 is 15.5 Å². The lowest BCUT2D eigenvalue weighted by molar-refractivity contribution is -0.136. The molecule has 0 bridgehead atoms. The summed E-state index contributed by atoms with van der Waals surface area (Å²) in [6.45, 7) is 4.36. The lowest BCUT2D eigenvalue weighted by Gasteiger charge is -2.31. The largest absolute Gasteiger partial charge is 0.341 e. The van der Waals surface area contributed by atoms with Crippen LogP contribution in [-0.4, -0.2) is 53.5 Å². The predicted molar refractivity (Wildman–Crippen MR) is 80.4 cm³/mol. The maximum absolute atomic E-state index is 12.7. The van der Waals surface area contributed by atoms with Crippen molar-refractivity contribution in [3.8, 4) is 0 Å². The fourth-order valence-electron chi connectivity index (χ4n) is 4.29. The molecule has 1 aliphatic carbocycles. The van der Waals surface area contributed by atoms with Gasteiger partial charge in [-0.1, -0.05) is 12.8 Å². The van der Waals surface area contributed by atoms with Crippen molar-refractivity contribution in [3.63, 3.8) is 0 Å². The molecule has 0 spiro atoms. The average Bonchev–Trinajstić information content (AvgIpc) is 3.07. The normalized spacial score (nSPS) is 31.4. The summed E-state index contributed by atoms with van der Waals surface area (Å²) in [5, 5.41) is 0. The summed E-state index contributed by atoms with van der Waals surface area (Å²) < 4.78 is 0. The van der Waals surface area contributed by atoms with E-state index in [0.717, 1.165) is 51.6 Å². The minimum atomic E-state index is -0.534. The van der Waals surface area contributed by atoms with Crippen LogP contribution in [0.3, 0.4) is 0 Å². The molecular formula is C16H29N3O. The fourth-order valence-corrected chi connectivity index (χ4v) is 4.29. The molecule has 1 amide bonds. The first-order valence-corrected chi connectivity index (χ1v) is 8.51. The van der Waals surface area contributed by atoms with Crippen molar-refractivity contribution in [2.75, 3.05) is 26.2 Å². The third kappa shape index (κ3) is 2.86. The van der Waals surface area contributed by atoms with E-state index >= 15 is 0 Å². The van der Waals surface area contributed by atoms with Gasteiger partial charge in [-0.3, -0.25) is 4.79 Å². The Morgan fingerprint density at radius 3 is 2.30 bits per heavy atom. The molecular weight excluding hydrogens is 250 g/mol. The van der Waals surface area contributed by atoms with Gasteiger partial charge in [-0.15, -0.1) is 0 Å². The van der Waals surface area contributed by atoms with Crippen LogP contribution in [0.2, 0.25) is 0 Å². The number of likely N-dealkylation sites (tertiary alicyclic amines) is 2. The first kappa shape index (κ1) is 14.3. The zero-order valence-corrected chi connectivity index (χ0v) is 12.6. The molecule has 2 N–H and O–H groups in total. The van der Waals surface area contributed by atoms with Gasteiger partial charge in [0.05, 0.1) is 5.54 Å². The van der Waals surface area contributed by atoms with E-state index in [1.165, 1.54) is 32.4 Å². The highest BCUT2D eigenvalue weighted by atomic mass is 16.2. The SMILES string of the molecule is NC1(C(=O)N2CCCC(N3CCCC3)CC2)CCCC1. The Labute approximate surface area is 122 Å². The molecule has 1 saturated carbocycles. The van der Waals surface area contributed by atoms with Gasteiger partial charge in [0.15, 0.2) is 0 Å². The lowest BCUT2D eigenvalue weighted by atomic mass is 9.97. The van der Waals surface area contributed by atoms with Crippen molar-refractivity contribution in [1.82, 2.24) is 9.80 Å². The van der Waals surface area contributed by atoms with Gasteiger partial charge in [-0.2, -0.15) is 0 Å². The standard InChI is InChI=1S/C16H29N3O/c17-16(8-1-2-9-16)15(20)19-12-5-6-14(7-13-19)18-10-3-4-11-18/h14H,1-13,17H2. The van der Waals surface area contributed by atoms with E-state index in [1.807, 2.05) is 0 Å². The van der Waals surface area contributed by atoms with Crippen molar-refractivity contribution in [2.45, 2.75) is 69.4 Å². The Hall–Kier alpha value is -0.610. The highest BCUT2D eigenvalue weighted by molar-refractivity contribution is 5.86. The van der Waals surface area contributed by atoms with Crippen molar-refractivity contribution >= 4 is 5.91 Å². The molecule has 3 rings (SSSR count). The number of nitrogens with zero attached hydrogens (tertiary/aromatic N) is 2. The maximum Gasteiger partial charge on any atom is 0.242 e. The molecule has 2 saturated heterocycles. The topological polar surface area (TPSA) is 49.6 Å². The number of carbonyl (C=O) groups is 1. The summed E-state index contributed by atoms with van der Waals surface area (Å²) in [6.07, 6.45) is 10.2. The van der Waals surface area contributed by atoms with Crippen LogP contribution in [0.25, 0.3) is 0 Å². The molecule has 2 heterocycles. The Bertz CT molecular complexity index is 346. The van der Waals surface area contributed by atoms with Crippen molar-refractivity contribution < 1.29 is 4.79 Å². The quantitative estimate of drug-likeness (QED) is 0.837. The summed E-state index contributed by atoms with van der Waals surface area (Å²) in [7, 11) is 0. The van der Waals surface area contributed by atoms with Gasteiger partial charge in [0, 0.05) is 19.1 Å². The van der Waals surface area contributed by atoms with Crippen LogP contribution in [0.5, 0.6) is 0 Å². The Morgan fingerprint density at radius 2 is 1.60 bits per heavy atom. The molecule has 3 fully saturated rings. The maximum atomic E-state index is 12.7. The van der Waals surface area contributed by atoms with Crippen LogP contribution in [0.1, 0.15) is 57.8 Å². The van der Waals surface area contributed by atoms with E-state index in [4.69, 9.17) is 5.73 Å². The molecule has 4 heteroatoms. The van der Waals surface area contributed by atoms with Gasteiger partial charge in [0.25, 0.3) is 0 Å². The molecule has 0 aromatic heterocycles. The number of hydrogen-bond donors (Lipinski definition) is 1. The van der Waals surface area contributed by atoms with Gasteiger partial charge >= 0.3 is 0 Å². The van der Waals surface area contributed by atoms with Crippen LogP contribution < -0.4 is 5.73 Å². The minimum Gasteiger partial charge on any atom is -0.341 e. The van der Waals surface area contributed by atoms with E-state index < -0.39 is 5.54 Å². The molecule has 0 aromatic carbocycles.